The van der Waals surface area contributed by atoms with Gasteiger partial charge in [-0.05, 0) is 84.0 Å². The molecule has 5 aromatic rings. The Labute approximate surface area is 245 Å². The van der Waals surface area contributed by atoms with E-state index in [1.54, 1.807) is 0 Å². The van der Waals surface area contributed by atoms with Gasteiger partial charge < -0.3 is 0 Å². The zero-order chi connectivity index (χ0) is 28.9. The number of nitrogens with zero attached hydrogens (tertiary/aromatic N) is 3. The molecule has 41 heavy (non-hydrogen) atoms. The van der Waals surface area contributed by atoms with Crippen molar-refractivity contribution in [2.75, 3.05) is 0 Å². The van der Waals surface area contributed by atoms with Crippen LogP contribution in [0.2, 0.25) is 0 Å². The van der Waals surface area contributed by atoms with E-state index in [2.05, 4.69) is 124 Å². The van der Waals surface area contributed by atoms with Crippen molar-refractivity contribution < 1.29 is 4.52 Å². The minimum atomic E-state index is 0.0345. The average molecular weight is 545 g/mol. The van der Waals surface area contributed by atoms with Crippen LogP contribution in [0.15, 0.2) is 60.7 Å². The number of aromatic nitrogens is 3. The number of para-hydroxylation sites is 1. The Morgan fingerprint density at radius 3 is 2.49 bits per heavy atom. The first kappa shape index (κ1) is 27.7. The summed E-state index contributed by atoms with van der Waals surface area (Å²) < 4.78 is 4.99. The Kier molecular flexibility index (Phi) is 7.04. The van der Waals surface area contributed by atoms with Crippen molar-refractivity contribution in [2.45, 2.75) is 104 Å². The predicted molar refractivity (Wildman–Crippen MR) is 175 cm³/mol. The zero-order valence-electron chi connectivity index (χ0n) is 26.1. The number of benzene rings is 3. The minimum Gasteiger partial charge on any atom is -0.210 e. The van der Waals surface area contributed by atoms with Crippen LogP contribution in [0.5, 0.6) is 0 Å². The molecule has 3 heteroatoms. The monoisotopic (exact) mass is 544 g/mol. The largest absolute Gasteiger partial charge is 0.357 e. The lowest BCUT2D eigenvalue weighted by Crippen LogP contribution is -2.34. The van der Waals surface area contributed by atoms with E-state index in [1.807, 2.05) is 0 Å². The molecule has 0 saturated heterocycles. The van der Waals surface area contributed by atoms with E-state index in [0.29, 0.717) is 0 Å². The summed E-state index contributed by atoms with van der Waals surface area (Å²) in [5.74, 6) is 0. The highest BCUT2D eigenvalue weighted by molar-refractivity contribution is 5.99. The third kappa shape index (κ3) is 4.49. The molecule has 0 atom stereocenters. The molecule has 1 aliphatic rings. The first-order chi connectivity index (χ1) is 19.7. The molecular formula is C38H46N3+. The van der Waals surface area contributed by atoms with Crippen LogP contribution in [0, 0.1) is 6.92 Å². The molecule has 1 aliphatic heterocycles. The molecule has 0 aliphatic carbocycles. The summed E-state index contributed by atoms with van der Waals surface area (Å²) in [6, 6.07) is 20.8. The van der Waals surface area contributed by atoms with Gasteiger partial charge in [0.15, 0.2) is 11.2 Å². The maximum absolute atomic E-state index is 5.59. The van der Waals surface area contributed by atoms with Crippen molar-refractivity contribution in [3.8, 4) is 11.3 Å². The highest BCUT2D eigenvalue weighted by Gasteiger charge is 2.39. The van der Waals surface area contributed by atoms with Crippen LogP contribution in [0.1, 0.15) is 102 Å². The van der Waals surface area contributed by atoms with Crippen LogP contribution < -0.4 is 4.52 Å². The van der Waals surface area contributed by atoms with E-state index in [4.69, 9.17) is 4.98 Å². The summed E-state index contributed by atoms with van der Waals surface area (Å²) in [5.41, 5.74) is 11.6. The second-order valence-electron chi connectivity index (χ2n) is 13.3. The van der Waals surface area contributed by atoms with Crippen molar-refractivity contribution in [3.63, 3.8) is 0 Å². The second kappa shape index (κ2) is 10.4. The molecule has 2 aromatic heterocycles. The molecule has 0 N–H and O–H groups in total. The normalized spacial score (nSPS) is 15.1. The SMILES string of the molecule is CCCCC=Cc1ccc(C)c(-c2nc3c4ccccc4n4[n+]3c3c(cc(C(C)(C)C)cc23)C(CC)(CC)CC4)c1. The maximum Gasteiger partial charge on any atom is 0.357 e. The Balaban J connectivity index is 1.78. The molecule has 0 unspecified atom stereocenters. The molecule has 3 aromatic carbocycles. The first-order valence-corrected chi connectivity index (χ1v) is 15.8. The lowest BCUT2D eigenvalue weighted by atomic mass is 9.70. The van der Waals surface area contributed by atoms with Gasteiger partial charge in [0.1, 0.15) is 0 Å². The fraction of sp³-hybridized carbons (Fsp3) is 0.421. The molecule has 0 spiro atoms. The van der Waals surface area contributed by atoms with Gasteiger partial charge in [0.05, 0.1) is 22.8 Å². The van der Waals surface area contributed by atoms with E-state index in [-0.39, 0.29) is 10.8 Å². The summed E-state index contributed by atoms with van der Waals surface area (Å²) >= 11 is 0. The van der Waals surface area contributed by atoms with E-state index >= 15 is 0 Å². The molecule has 0 radical (unpaired) electrons. The van der Waals surface area contributed by atoms with E-state index in [9.17, 15) is 0 Å². The molecule has 0 fully saturated rings. The molecule has 212 valence electrons. The Bertz CT molecular complexity index is 1790. The van der Waals surface area contributed by atoms with E-state index in [1.165, 1.54) is 62.5 Å². The van der Waals surface area contributed by atoms with Gasteiger partial charge in [0.2, 0.25) is 0 Å². The number of hydrogen-bond acceptors (Lipinski definition) is 1. The summed E-state index contributed by atoms with van der Waals surface area (Å²) in [6.45, 7) is 17.3. The smallest absolute Gasteiger partial charge is 0.210 e. The quantitative estimate of drug-likeness (QED) is 0.148. The highest BCUT2D eigenvalue weighted by Crippen LogP contribution is 2.45. The van der Waals surface area contributed by atoms with Gasteiger partial charge in [-0.15, -0.1) is 4.52 Å². The Hall–Kier alpha value is -3.46. The van der Waals surface area contributed by atoms with Crippen molar-refractivity contribution in [1.82, 2.24) is 9.67 Å². The standard InChI is InChI=1S/C38H46N3/c1-8-11-12-13-16-27-20-19-26(4)30(23-27)34-31-24-28(37(5,6)7)25-32-35(31)41-36(39-34)29-17-14-15-18-33(29)40(41)22-21-38(32,9-2)10-3/h13-20,23-25H,8-12,21-22H2,1-7H3/q+1. The topological polar surface area (TPSA) is 21.9 Å². The molecule has 6 rings (SSSR count). The van der Waals surface area contributed by atoms with Crippen LogP contribution in [0.4, 0.5) is 0 Å². The fourth-order valence-electron chi connectivity index (χ4n) is 7.01. The lowest BCUT2D eigenvalue weighted by Gasteiger charge is -2.32. The van der Waals surface area contributed by atoms with E-state index < -0.39 is 0 Å². The van der Waals surface area contributed by atoms with Crippen molar-refractivity contribution in [3.05, 3.63) is 82.9 Å². The summed E-state index contributed by atoms with van der Waals surface area (Å²) in [5, 5.41) is 2.51. The molecule has 0 bridgehead atoms. The number of rotatable bonds is 7. The number of unbranched alkanes of at least 4 members (excludes halogenated alkanes) is 2. The van der Waals surface area contributed by atoms with Gasteiger partial charge in [0, 0.05) is 16.5 Å². The van der Waals surface area contributed by atoms with Crippen molar-refractivity contribution in [2.24, 2.45) is 0 Å². The van der Waals surface area contributed by atoms with Crippen molar-refractivity contribution >= 4 is 33.5 Å². The number of hydrogen-bond donors (Lipinski definition) is 0. The van der Waals surface area contributed by atoms with Gasteiger partial charge in [0.25, 0.3) is 0 Å². The maximum atomic E-state index is 5.59. The third-order valence-electron chi connectivity index (χ3n) is 9.80. The fourth-order valence-corrected chi connectivity index (χ4v) is 7.01. The van der Waals surface area contributed by atoms with Gasteiger partial charge in [-0.2, -0.15) is 0 Å². The van der Waals surface area contributed by atoms with Crippen molar-refractivity contribution in [1.29, 1.82) is 0 Å². The second-order valence-corrected chi connectivity index (χ2v) is 13.3. The van der Waals surface area contributed by atoms with Crippen LogP contribution >= 0.6 is 0 Å². The summed E-state index contributed by atoms with van der Waals surface area (Å²) in [7, 11) is 0. The Morgan fingerprint density at radius 2 is 1.76 bits per heavy atom. The van der Waals surface area contributed by atoms with Crippen LogP contribution in [0.25, 0.3) is 44.8 Å². The first-order valence-electron chi connectivity index (χ1n) is 15.8. The lowest BCUT2D eigenvalue weighted by molar-refractivity contribution is -0.582. The molecule has 0 amide bonds. The summed E-state index contributed by atoms with van der Waals surface area (Å²) in [6.07, 6.45) is 11.6. The van der Waals surface area contributed by atoms with Crippen LogP contribution in [-0.2, 0) is 17.4 Å². The van der Waals surface area contributed by atoms with Crippen LogP contribution in [0.3, 0.4) is 0 Å². The van der Waals surface area contributed by atoms with Gasteiger partial charge in [-0.3, -0.25) is 0 Å². The number of allylic oxidation sites excluding steroid dienone is 1. The van der Waals surface area contributed by atoms with Gasteiger partial charge in [-0.25, -0.2) is 4.68 Å². The number of fused-ring (bicyclic) bond motifs is 3. The van der Waals surface area contributed by atoms with Crippen LogP contribution in [-0.4, -0.2) is 9.67 Å². The minimum absolute atomic E-state index is 0.0345. The molecule has 0 saturated carbocycles. The zero-order valence-corrected chi connectivity index (χ0v) is 26.1. The molecule has 3 nitrogen and oxygen atoms in total. The van der Waals surface area contributed by atoms with E-state index in [0.717, 1.165) is 43.6 Å². The number of aryl methyl sites for hydroxylation is 2. The molecular weight excluding hydrogens is 498 g/mol. The molecule has 3 heterocycles. The van der Waals surface area contributed by atoms with Gasteiger partial charge in [-0.1, -0.05) is 96.9 Å². The average Bonchev–Trinajstić information content (AvgIpc) is 3.20. The Morgan fingerprint density at radius 1 is 0.976 bits per heavy atom. The highest BCUT2D eigenvalue weighted by atomic mass is 15.4. The third-order valence-corrected chi connectivity index (χ3v) is 9.80. The predicted octanol–water partition coefficient (Wildman–Crippen LogP) is 9.87. The van der Waals surface area contributed by atoms with Gasteiger partial charge >= 0.3 is 5.65 Å². The summed E-state index contributed by atoms with van der Waals surface area (Å²) in [4.78, 5) is 5.59.